The molecule has 0 atom stereocenters. The largest absolute Gasteiger partial charge is 0.417 e. The third kappa shape index (κ3) is 4.02. The maximum atomic E-state index is 13.2. The average Bonchev–Trinajstić information content (AvgIpc) is 3.22. The molecule has 2 N–H and O–H groups in total. The lowest BCUT2D eigenvalue weighted by Crippen LogP contribution is -2.37. The molecule has 0 aliphatic carbocycles. The van der Waals surface area contributed by atoms with Crippen molar-refractivity contribution in [3.8, 4) is 0 Å². The van der Waals surface area contributed by atoms with Crippen LogP contribution in [0.1, 0.15) is 46.7 Å². The van der Waals surface area contributed by atoms with Crippen molar-refractivity contribution >= 4 is 22.6 Å². The highest BCUT2D eigenvalue weighted by Crippen LogP contribution is 2.31. The predicted molar refractivity (Wildman–Crippen MR) is 107 cm³/mol. The Hall–Kier alpha value is -3.27. The fraction of sp³-hybridized carbons (Fsp3) is 0.333. The summed E-state index contributed by atoms with van der Waals surface area (Å²) >= 11 is 0. The van der Waals surface area contributed by atoms with Crippen LogP contribution < -0.4 is 5.73 Å². The number of fused-ring (bicyclic) bond motifs is 3. The summed E-state index contributed by atoms with van der Waals surface area (Å²) in [6.07, 6.45) is -2.20. The molecule has 1 amide bonds. The number of hydrogen-bond acceptors (Lipinski definition) is 6. The monoisotopic (exact) mass is 431 g/mol. The summed E-state index contributed by atoms with van der Waals surface area (Å²) in [4.78, 5) is 27.2. The van der Waals surface area contributed by atoms with E-state index < -0.39 is 11.7 Å². The van der Waals surface area contributed by atoms with Crippen LogP contribution in [0.5, 0.6) is 0 Å². The van der Waals surface area contributed by atoms with E-state index in [0.29, 0.717) is 30.2 Å². The molecule has 0 aromatic carbocycles. The molecule has 0 spiro atoms. The van der Waals surface area contributed by atoms with Gasteiger partial charge in [-0.1, -0.05) is 0 Å². The lowest BCUT2D eigenvalue weighted by molar-refractivity contribution is -0.137. The highest BCUT2D eigenvalue weighted by atomic mass is 19.4. The number of pyridine rings is 3. The molecular formula is C21H20F3N5O2. The summed E-state index contributed by atoms with van der Waals surface area (Å²) in [6, 6.07) is 3.66. The van der Waals surface area contributed by atoms with E-state index in [1.54, 1.807) is 6.07 Å². The second kappa shape index (κ2) is 7.77. The minimum atomic E-state index is -4.46. The summed E-state index contributed by atoms with van der Waals surface area (Å²) in [5.41, 5.74) is 7.96. The second-order valence-corrected chi connectivity index (χ2v) is 7.60. The van der Waals surface area contributed by atoms with Crippen molar-refractivity contribution in [1.29, 1.82) is 0 Å². The SMILES string of the molecule is CC(C)N(Cc1ccc(C(F)(F)F)cn1)C(=O)c1cc2c3c(c(N)nc2cn1)COC3. The van der Waals surface area contributed by atoms with E-state index in [0.717, 1.165) is 28.8 Å². The third-order valence-corrected chi connectivity index (χ3v) is 5.20. The Kier molecular flexibility index (Phi) is 5.26. The Morgan fingerprint density at radius 2 is 1.94 bits per heavy atom. The molecule has 1 aliphatic rings. The van der Waals surface area contributed by atoms with Gasteiger partial charge in [0, 0.05) is 23.2 Å². The number of rotatable bonds is 4. The van der Waals surface area contributed by atoms with Crippen molar-refractivity contribution in [1.82, 2.24) is 19.9 Å². The molecule has 4 rings (SSSR count). The first-order valence-corrected chi connectivity index (χ1v) is 9.63. The normalized spacial score (nSPS) is 13.6. The Bertz CT molecular complexity index is 1150. The Balaban J connectivity index is 1.64. The number of halogens is 3. The number of nitrogens with zero attached hydrogens (tertiary/aromatic N) is 4. The molecule has 0 radical (unpaired) electrons. The van der Waals surface area contributed by atoms with Gasteiger partial charge in [0.1, 0.15) is 11.5 Å². The van der Waals surface area contributed by atoms with Gasteiger partial charge in [-0.15, -0.1) is 0 Å². The number of alkyl halides is 3. The number of carbonyl (C=O) groups excluding carboxylic acids is 1. The summed E-state index contributed by atoms with van der Waals surface area (Å²) in [6.45, 7) is 4.43. The zero-order valence-electron chi connectivity index (χ0n) is 16.9. The quantitative estimate of drug-likeness (QED) is 0.677. The minimum Gasteiger partial charge on any atom is -0.383 e. The van der Waals surface area contributed by atoms with Crippen LogP contribution in [-0.2, 0) is 30.7 Å². The van der Waals surface area contributed by atoms with Gasteiger partial charge in [0.2, 0.25) is 0 Å². The molecule has 0 saturated carbocycles. The number of aromatic nitrogens is 3. The summed E-state index contributed by atoms with van der Waals surface area (Å²) in [7, 11) is 0. The first-order valence-electron chi connectivity index (χ1n) is 9.63. The zero-order valence-corrected chi connectivity index (χ0v) is 16.9. The molecule has 3 aromatic rings. The first-order chi connectivity index (χ1) is 14.6. The highest BCUT2D eigenvalue weighted by molar-refractivity contribution is 5.97. The smallest absolute Gasteiger partial charge is 0.383 e. The lowest BCUT2D eigenvalue weighted by atomic mass is 10.1. The number of anilines is 1. The standard InChI is InChI=1S/C21H20F3N5O2/c1-11(2)29(8-13-4-3-12(6-26-13)21(22,23)24)20(30)17-5-14-15-9-31-10-16(15)19(25)28-18(14)7-27-17/h3-7,11H,8-10H2,1-2H3,(H2,25,28). The molecule has 4 heterocycles. The van der Waals surface area contributed by atoms with Crippen LogP contribution in [-0.4, -0.2) is 31.8 Å². The average molecular weight is 431 g/mol. The molecular weight excluding hydrogens is 411 g/mol. The van der Waals surface area contributed by atoms with Crippen molar-refractivity contribution in [2.75, 3.05) is 5.73 Å². The molecule has 0 fully saturated rings. The van der Waals surface area contributed by atoms with Gasteiger partial charge >= 0.3 is 6.18 Å². The van der Waals surface area contributed by atoms with Gasteiger partial charge in [-0.2, -0.15) is 13.2 Å². The van der Waals surface area contributed by atoms with Crippen LogP contribution in [0.25, 0.3) is 10.9 Å². The van der Waals surface area contributed by atoms with Gasteiger partial charge in [-0.25, -0.2) is 9.97 Å². The Morgan fingerprint density at radius 1 is 1.19 bits per heavy atom. The molecule has 3 aromatic heterocycles. The van der Waals surface area contributed by atoms with Crippen molar-refractivity contribution in [3.05, 3.63) is 58.7 Å². The number of amides is 1. The fourth-order valence-corrected chi connectivity index (χ4v) is 3.49. The van der Waals surface area contributed by atoms with E-state index in [1.807, 2.05) is 13.8 Å². The van der Waals surface area contributed by atoms with E-state index in [-0.39, 0.29) is 24.2 Å². The topological polar surface area (TPSA) is 94.2 Å². The summed E-state index contributed by atoms with van der Waals surface area (Å²) in [5, 5.41) is 0.747. The number of nitrogens with two attached hydrogens (primary N) is 1. The van der Waals surface area contributed by atoms with Crippen LogP contribution in [0.2, 0.25) is 0 Å². The van der Waals surface area contributed by atoms with Crippen LogP contribution in [0.15, 0.2) is 30.6 Å². The molecule has 7 nitrogen and oxygen atoms in total. The fourth-order valence-electron chi connectivity index (χ4n) is 3.49. The van der Waals surface area contributed by atoms with Crippen LogP contribution >= 0.6 is 0 Å². The minimum absolute atomic E-state index is 0.0512. The van der Waals surface area contributed by atoms with E-state index in [2.05, 4.69) is 15.0 Å². The van der Waals surface area contributed by atoms with Gasteiger partial charge in [0.25, 0.3) is 5.91 Å². The van der Waals surface area contributed by atoms with Gasteiger partial charge in [0.05, 0.1) is 42.7 Å². The van der Waals surface area contributed by atoms with E-state index in [1.165, 1.54) is 17.2 Å². The number of nitrogen functional groups attached to an aromatic ring is 1. The van der Waals surface area contributed by atoms with Crippen molar-refractivity contribution in [3.63, 3.8) is 0 Å². The first kappa shape index (κ1) is 21.0. The molecule has 31 heavy (non-hydrogen) atoms. The summed E-state index contributed by atoms with van der Waals surface area (Å²) < 4.78 is 43.8. The molecule has 10 heteroatoms. The van der Waals surface area contributed by atoms with Crippen molar-refractivity contribution < 1.29 is 22.7 Å². The Morgan fingerprint density at radius 3 is 2.58 bits per heavy atom. The van der Waals surface area contributed by atoms with Crippen molar-refractivity contribution in [2.45, 2.75) is 45.8 Å². The maximum absolute atomic E-state index is 13.2. The van der Waals surface area contributed by atoms with Gasteiger partial charge in [0.15, 0.2) is 0 Å². The summed E-state index contributed by atoms with van der Waals surface area (Å²) in [5.74, 6) is 0.0288. The van der Waals surface area contributed by atoms with Crippen molar-refractivity contribution in [2.24, 2.45) is 0 Å². The van der Waals surface area contributed by atoms with Crippen LogP contribution in [0, 0.1) is 0 Å². The maximum Gasteiger partial charge on any atom is 0.417 e. The molecule has 0 bridgehead atoms. The number of carbonyl (C=O) groups is 1. The van der Waals surface area contributed by atoms with Crippen LogP contribution in [0.3, 0.4) is 0 Å². The molecule has 162 valence electrons. The van der Waals surface area contributed by atoms with Crippen LogP contribution in [0.4, 0.5) is 19.0 Å². The third-order valence-electron chi connectivity index (χ3n) is 5.20. The number of hydrogen-bond donors (Lipinski definition) is 1. The second-order valence-electron chi connectivity index (χ2n) is 7.60. The molecule has 1 aliphatic heterocycles. The van der Waals surface area contributed by atoms with E-state index in [4.69, 9.17) is 10.5 Å². The van der Waals surface area contributed by atoms with Gasteiger partial charge < -0.3 is 15.4 Å². The van der Waals surface area contributed by atoms with E-state index >= 15 is 0 Å². The molecule has 0 unspecified atom stereocenters. The highest BCUT2D eigenvalue weighted by Gasteiger charge is 2.31. The lowest BCUT2D eigenvalue weighted by Gasteiger charge is -2.26. The van der Waals surface area contributed by atoms with Gasteiger partial charge in [-0.05, 0) is 37.6 Å². The predicted octanol–water partition coefficient (Wildman–Crippen LogP) is 3.71. The number of ether oxygens (including phenoxy) is 1. The molecule has 0 saturated heterocycles. The Labute approximate surface area is 176 Å². The van der Waals surface area contributed by atoms with E-state index in [9.17, 15) is 18.0 Å². The zero-order chi connectivity index (χ0) is 22.3. The van der Waals surface area contributed by atoms with Gasteiger partial charge in [-0.3, -0.25) is 9.78 Å².